The second-order valence-corrected chi connectivity index (χ2v) is 6.68. The number of hydrogen-bond acceptors (Lipinski definition) is 2. The molecule has 0 aromatic heterocycles. The summed E-state index contributed by atoms with van der Waals surface area (Å²) in [4.78, 5) is 26.1. The first kappa shape index (κ1) is 16.0. The molecule has 23 heavy (non-hydrogen) atoms. The van der Waals surface area contributed by atoms with E-state index in [1.165, 1.54) is 17.4 Å². The van der Waals surface area contributed by atoms with Gasteiger partial charge in [-0.2, -0.15) is 0 Å². The SMILES string of the molecule is Cc1ccc(N2CC(C(=O)NC3CCCCC3)CC2=O)cc1F. The van der Waals surface area contributed by atoms with Gasteiger partial charge in [0.1, 0.15) is 5.82 Å². The summed E-state index contributed by atoms with van der Waals surface area (Å²) in [5, 5.41) is 3.08. The molecule has 1 heterocycles. The summed E-state index contributed by atoms with van der Waals surface area (Å²) >= 11 is 0. The van der Waals surface area contributed by atoms with E-state index in [1.54, 1.807) is 19.1 Å². The van der Waals surface area contributed by atoms with Gasteiger partial charge in [0.15, 0.2) is 0 Å². The molecular weight excluding hydrogens is 295 g/mol. The van der Waals surface area contributed by atoms with Crippen molar-refractivity contribution in [1.82, 2.24) is 5.32 Å². The monoisotopic (exact) mass is 318 g/mol. The zero-order valence-electron chi connectivity index (χ0n) is 13.5. The van der Waals surface area contributed by atoms with Crippen molar-refractivity contribution in [2.75, 3.05) is 11.4 Å². The Balaban J connectivity index is 1.64. The Hall–Kier alpha value is -1.91. The van der Waals surface area contributed by atoms with Crippen molar-refractivity contribution in [3.63, 3.8) is 0 Å². The van der Waals surface area contributed by atoms with Gasteiger partial charge in [-0.15, -0.1) is 0 Å². The van der Waals surface area contributed by atoms with E-state index in [0.29, 0.717) is 17.8 Å². The predicted molar refractivity (Wildman–Crippen MR) is 86.6 cm³/mol. The van der Waals surface area contributed by atoms with Crippen molar-refractivity contribution in [3.8, 4) is 0 Å². The summed E-state index contributed by atoms with van der Waals surface area (Å²) in [5.74, 6) is -0.823. The van der Waals surface area contributed by atoms with Gasteiger partial charge in [0.2, 0.25) is 11.8 Å². The van der Waals surface area contributed by atoms with E-state index < -0.39 is 0 Å². The van der Waals surface area contributed by atoms with Gasteiger partial charge in [-0.3, -0.25) is 9.59 Å². The fourth-order valence-corrected chi connectivity index (χ4v) is 3.45. The molecule has 1 N–H and O–H groups in total. The molecule has 0 radical (unpaired) electrons. The normalized spacial score (nSPS) is 22.4. The molecule has 1 aliphatic heterocycles. The van der Waals surface area contributed by atoms with E-state index in [9.17, 15) is 14.0 Å². The third-order valence-corrected chi connectivity index (χ3v) is 4.91. The highest BCUT2D eigenvalue weighted by Crippen LogP contribution is 2.27. The van der Waals surface area contributed by atoms with Crippen LogP contribution in [-0.2, 0) is 9.59 Å². The maximum absolute atomic E-state index is 13.7. The number of nitrogens with one attached hydrogen (secondary N) is 1. The molecule has 1 aromatic rings. The minimum Gasteiger partial charge on any atom is -0.353 e. The molecule has 0 bridgehead atoms. The molecule has 1 aromatic carbocycles. The van der Waals surface area contributed by atoms with E-state index in [4.69, 9.17) is 0 Å². The molecule has 1 aliphatic carbocycles. The lowest BCUT2D eigenvalue weighted by molar-refractivity contribution is -0.127. The number of rotatable bonds is 3. The molecule has 124 valence electrons. The summed E-state index contributed by atoms with van der Waals surface area (Å²) in [7, 11) is 0. The zero-order chi connectivity index (χ0) is 16.4. The van der Waals surface area contributed by atoms with Gasteiger partial charge in [0.25, 0.3) is 0 Å². The Kier molecular flexibility index (Phi) is 4.64. The largest absolute Gasteiger partial charge is 0.353 e. The molecule has 0 spiro atoms. The van der Waals surface area contributed by atoms with E-state index >= 15 is 0 Å². The van der Waals surface area contributed by atoms with Crippen LogP contribution in [0.2, 0.25) is 0 Å². The number of halogens is 1. The Morgan fingerprint density at radius 3 is 2.70 bits per heavy atom. The van der Waals surface area contributed by atoms with Crippen molar-refractivity contribution < 1.29 is 14.0 Å². The number of carbonyl (C=O) groups is 2. The molecule has 2 amide bonds. The van der Waals surface area contributed by atoms with Gasteiger partial charge in [0, 0.05) is 24.7 Å². The van der Waals surface area contributed by atoms with Gasteiger partial charge in [-0.05, 0) is 37.5 Å². The summed E-state index contributed by atoms with van der Waals surface area (Å²) in [6.45, 7) is 2.02. The number of benzene rings is 1. The summed E-state index contributed by atoms with van der Waals surface area (Å²) in [6, 6.07) is 5.01. The van der Waals surface area contributed by atoms with Crippen LogP contribution < -0.4 is 10.2 Å². The second kappa shape index (κ2) is 6.69. The first-order valence-electron chi connectivity index (χ1n) is 8.41. The van der Waals surface area contributed by atoms with Gasteiger partial charge in [-0.1, -0.05) is 25.3 Å². The Labute approximate surface area is 136 Å². The molecule has 2 fully saturated rings. The van der Waals surface area contributed by atoms with Crippen LogP contribution in [0.25, 0.3) is 0 Å². The Morgan fingerprint density at radius 2 is 2.00 bits per heavy atom. The van der Waals surface area contributed by atoms with Crippen molar-refractivity contribution in [2.45, 2.75) is 51.5 Å². The fourth-order valence-electron chi connectivity index (χ4n) is 3.45. The molecule has 1 saturated heterocycles. The standard InChI is InChI=1S/C18H23FN2O2/c1-12-7-8-15(10-16(12)19)21-11-13(9-17(21)22)18(23)20-14-5-3-2-4-6-14/h7-8,10,13-14H,2-6,9,11H2,1H3,(H,20,23). The number of carbonyl (C=O) groups excluding carboxylic acids is 2. The minimum absolute atomic E-state index is 0.0414. The number of anilines is 1. The first-order chi connectivity index (χ1) is 11.0. The van der Waals surface area contributed by atoms with Crippen LogP contribution in [0.3, 0.4) is 0 Å². The van der Waals surface area contributed by atoms with Crippen LogP contribution in [-0.4, -0.2) is 24.4 Å². The maximum Gasteiger partial charge on any atom is 0.227 e. The highest BCUT2D eigenvalue weighted by atomic mass is 19.1. The van der Waals surface area contributed by atoms with Gasteiger partial charge < -0.3 is 10.2 Å². The van der Waals surface area contributed by atoms with Gasteiger partial charge >= 0.3 is 0 Å². The molecule has 5 heteroatoms. The van der Waals surface area contributed by atoms with Crippen LogP contribution in [0.1, 0.15) is 44.1 Å². The maximum atomic E-state index is 13.7. The molecular formula is C18H23FN2O2. The van der Waals surface area contributed by atoms with E-state index in [0.717, 1.165) is 25.7 Å². The van der Waals surface area contributed by atoms with E-state index in [-0.39, 0.29) is 36.0 Å². The minimum atomic E-state index is -0.339. The lowest BCUT2D eigenvalue weighted by atomic mass is 9.95. The molecule has 1 saturated carbocycles. The van der Waals surface area contributed by atoms with Gasteiger partial charge in [0.05, 0.1) is 5.92 Å². The summed E-state index contributed by atoms with van der Waals surface area (Å²) < 4.78 is 13.7. The topological polar surface area (TPSA) is 49.4 Å². The number of nitrogens with zero attached hydrogens (tertiary/aromatic N) is 1. The highest BCUT2D eigenvalue weighted by Gasteiger charge is 2.36. The Morgan fingerprint density at radius 1 is 1.26 bits per heavy atom. The third kappa shape index (κ3) is 3.54. The average molecular weight is 318 g/mol. The molecule has 3 rings (SSSR count). The van der Waals surface area contributed by atoms with Crippen molar-refractivity contribution in [2.24, 2.45) is 5.92 Å². The van der Waals surface area contributed by atoms with Crippen LogP contribution in [0.4, 0.5) is 10.1 Å². The number of hydrogen-bond donors (Lipinski definition) is 1. The van der Waals surface area contributed by atoms with E-state index in [1.807, 2.05) is 0 Å². The van der Waals surface area contributed by atoms with E-state index in [2.05, 4.69) is 5.32 Å². The summed E-state index contributed by atoms with van der Waals surface area (Å²) in [6.07, 6.45) is 5.81. The van der Waals surface area contributed by atoms with Crippen molar-refractivity contribution >= 4 is 17.5 Å². The Bertz CT molecular complexity index is 611. The van der Waals surface area contributed by atoms with Crippen molar-refractivity contribution in [3.05, 3.63) is 29.6 Å². The highest BCUT2D eigenvalue weighted by molar-refractivity contribution is 6.00. The second-order valence-electron chi connectivity index (χ2n) is 6.68. The van der Waals surface area contributed by atoms with Crippen LogP contribution in [0.15, 0.2) is 18.2 Å². The summed E-state index contributed by atoms with van der Waals surface area (Å²) in [5.41, 5.74) is 1.08. The molecule has 1 unspecified atom stereocenters. The van der Waals surface area contributed by atoms with Gasteiger partial charge in [-0.25, -0.2) is 4.39 Å². The van der Waals surface area contributed by atoms with Crippen molar-refractivity contribution in [1.29, 1.82) is 0 Å². The van der Waals surface area contributed by atoms with Crippen LogP contribution in [0, 0.1) is 18.7 Å². The molecule has 1 atom stereocenters. The fraction of sp³-hybridized carbons (Fsp3) is 0.556. The third-order valence-electron chi connectivity index (χ3n) is 4.91. The lowest BCUT2D eigenvalue weighted by Gasteiger charge is -2.24. The molecule has 2 aliphatic rings. The number of amides is 2. The zero-order valence-corrected chi connectivity index (χ0v) is 13.5. The first-order valence-corrected chi connectivity index (χ1v) is 8.41. The van der Waals surface area contributed by atoms with Crippen LogP contribution in [0.5, 0.6) is 0 Å². The lowest BCUT2D eigenvalue weighted by Crippen LogP contribution is -2.40. The predicted octanol–water partition coefficient (Wildman–Crippen LogP) is 2.94. The average Bonchev–Trinajstić information content (AvgIpc) is 2.93. The van der Waals surface area contributed by atoms with Crippen LogP contribution >= 0.6 is 0 Å². The number of aryl methyl sites for hydroxylation is 1. The molecule has 4 nitrogen and oxygen atoms in total. The quantitative estimate of drug-likeness (QED) is 0.931. The smallest absolute Gasteiger partial charge is 0.227 e.